The van der Waals surface area contributed by atoms with E-state index in [-0.39, 0.29) is 18.3 Å². The second kappa shape index (κ2) is 10.6. The molecule has 202 valence electrons. The highest BCUT2D eigenvalue weighted by Gasteiger charge is 2.35. The number of aromatic nitrogens is 1. The van der Waals surface area contributed by atoms with Gasteiger partial charge in [-0.15, -0.1) is 0 Å². The summed E-state index contributed by atoms with van der Waals surface area (Å²) in [4.78, 5) is 21.6. The first-order chi connectivity index (χ1) is 18.2. The molecule has 1 amide bonds. The molecule has 0 radical (unpaired) electrons. The number of amides is 1. The van der Waals surface area contributed by atoms with Crippen LogP contribution < -0.4 is 20.0 Å². The SMILES string of the molecule is COc1ccc2c(c1)=C(Oc1ccc3[nH]c(C)cc3c1F)N(N1CCN(C(C)=O)CC1)[C@H](OCC(C)O)N=2. The summed E-state index contributed by atoms with van der Waals surface area (Å²) in [5.74, 6) is 0.453. The summed E-state index contributed by atoms with van der Waals surface area (Å²) >= 11 is 0. The third-order valence-electron chi connectivity index (χ3n) is 6.64. The van der Waals surface area contributed by atoms with Crippen LogP contribution in [-0.4, -0.2) is 83.3 Å². The topological polar surface area (TPSA) is 103 Å². The van der Waals surface area contributed by atoms with E-state index in [1.807, 2.05) is 11.9 Å². The highest BCUT2D eigenvalue weighted by Crippen LogP contribution is 2.30. The molecule has 10 nitrogen and oxygen atoms in total. The number of carbonyl (C=O) groups is 1. The van der Waals surface area contributed by atoms with Gasteiger partial charge in [0, 0.05) is 49.7 Å². The maximum absolute atomic E-state index is 15.7. The maximum atomic E-state index is 15.7. The summed E-state index contributed by atoms with van der Waals surface area (Å²) in [5, 5.41) is 15.3. The summed E-state index contributed by atoms with van der Waals surface area (Å²) in [5.41, 5.74) is 1.51. The quantitative estimate of drug-likeness (QED) is 0.482. The van der Waals surface area contributed by atoms with Crippen LogP contribution in [0.3, 0.4) is 0 Å². The Morgan fingerprint density at radius 3 is 2.66 bits per heavy atom. The Balaban J connectivity index is 1.63. The van der Waals surface area contributed by atoms with Crippen molar-refractivity contribution in [2.45, 2.75) is 33.2 Å². The lowest BCUT2D eigenvalue weighted by Gasteiger charge is -2.45. The average Bonchev–Trinajstić information content (AvgIpc) is 3.29. The van der Waals surface area contributed by atoms with Gasteiger partial charge < -0.3 is 29.2 Å². The number of nitrogens with one attached hydrogen (secondary N) is 1. The van der Waals surface area contributed by atoms with Crippen molar-refractivity contribution in [3.05, 3.63) is 58.5 Å². The number of aliphatic hydroxyl groups excluding tert-OH is 1. The van der Waals surface area contributed by atoms with E-state index >= 15 is 4.39 Å². The molecule has 0 spiro atoms. The smallest absolute Gasteiger partial charge is 0.244 e. The zero-order valence-corrected chi connectivity index (χ0v) is 21.9. The molecule has 2 atom stereocenters. The number of fused-ring (bicyclic) bond motifs is 2. The highest BCUT2D eigenvalue weighted by atomic mass is 19.1. The molecule has 1 unspecified atom stereocenters. The number of carbonyl (C=O) groups excluding carboxylic acids is 1. The molecular formula is C27H32FN5O5. The van der Waals surface area contributed by atoms with Crippen molar-refractivity contribution in [1.82, 2.24) is 19.9 Å². The van der Waals surface area contributed by atoms with Crippen LogP contribution in [0, 0.1) is 12.7 Å². The molecule has 1 aromatic heterocycles. The monoisotopic (exact) mass is 525 g/mol. The zero-order chi connectivity index (χ0) is 27.0. The molecule has 11 heteroatoms. The number of H-pyrrole nitrogens is 1. The van der Waals surface area contributed by atoms with Crippen molar-refractivity contribution in [3.8, 4) is 11.5 Å². The fraction of sp³-hybridized carbons (Fsp3) is 0.407. The Morgan fingerprint density at radius 2 is 1.97 bits per heavy atom. The number of nitrogens with zero attached hydrogens (tertiary/aromatic N) is 4. The number of hydrazine groups is 1. The summed E-state index contributed by atoms with van der Waals surface area (Å²) in [6.45, 7) is 7.02. The van der Waals surface area contributed by atoms with Crippen LogP contribution in [-0.2, 0) is 9.53 Å². The normalized spacial score (nSPS) is 18.8. The molecule has 0 aliphatic carbocycles. The number of ether oxygens (including phenoxy) is 3. The minimum atomic E-state index is -0.884. The molecule has 2 aromatic carbocycles. The van der Waals surface area contributed by atoms with Crippen LogP contribution in [0.1, 0.15) is 19.5 Å². The standard InChI is InChI=1S/C27H32FN5O5/c1-16-13-20-22(29-16)7-8-24(25(20)28)38-26-21-14-19(36-4)5-6-23(21)30-27(37-15-17(2)34)33(26)32-11-9-31(10-12-32)18(3)35/h5-8,13-14,17,27,29,34H,9-12,15H2,1-4H3/t17?,27-/m1/s1. The van der Waals surface area contributed by atoms with E-state index in [9.17, 15) is 9.90 Å². The molecule has 2 aliphatic heterocycles. The first-order valence-corrected chi connectivity index (χ1v) is 12.6. The van der Waals surface area contributed by atoms with Crippen molar-refractivity contribution < 1.29 is 28.5 Å². The van der Waals surface area contributed by atoms with Gasteiger partial charge >= 0.3 is 0 Å². The van der Waals surface area contributed by atoms with Crippen molar-refractivity contribution in [2.24, 2.45) is 4.99 Å². The van der Waals surface area contributed by atoms with Crippen molar-refractivity contribution >= 4 is 22.7 Å². The minimum Gasteiger partial charge on any atom is -0.497 e. The highest BCUT2D eigenvalue weighted by molar-refractivity contribution is 5.83. The predicted octanol–water partition coefficient (Wildman–Crippen LogP) is 1.46. The summed E-state index contributed by atoms with van der Waals surface area (Å²) in [6, 6.07) is 10.5. The van der Waals surface area contributed by atoms with Gasteiger partial charge in [-0.2, -0.15) is 0 Å². The lowest BCUT2D eigenvalue weighted by atomic mass is 10.2. The molecule has 5 rings (SSSR count). The molecule has 0 bridgehead atoms. The van der Waals surface area contributed by atoms with E-state index < -0.39 is 18.3 Å². The van der Waals surface area contributed by atoms with Gasteiger partial charge in [-0.3, -0.25) is 4.79 Å². The van der Waals surface area contributed by atoms with E-state index in [4.69, 9.17) is 19.2 Å². The number of aryl methyl sites for hydroxylation is 1. The van der Waals surface area contributed by atoms with Gasteiger partial charge in [-0.1, -0.05) is 0 Å². The molecule has 2 N–H and O–H groups in total. The first kappa shape index (κ1) is 26.0. The molecule has 2 aliphatic rings. The Morgan fingerprint density at radius 1 is 1.21 bits per heavy atom. The van der Waals surface area contributed by atoms with Crippen LogP contribution in [0.4, 0.5) is 4.39 Å². The van der Waals surface area contributed by atoms with E-state index in [0.717, 1.165) is 5.69 Å². The molecule has 1 fully saturated rings. The minimum absolute atomic E-state index is 0.00240. The molecular weight excluding hydrogens is 493 g/mol. The molecule has 1 saturated heterocycles. The van der Waals surface area contributed by atoms with E-state index in [1.165, 1.54) is 0 Å². The van der Waals surface area contributed by atoms with Gasteiger partial charge in [-0.25, -0.2) is 19.4 Å². The number of hydrogen-bond acceptors (Lipinski definition) is 8. The number of methoxy groups -OCH3 is 1. The zero-order valence-electron chi connectivity index (χ0n) is 21.9. The second-order valence-corrected chi connectivity index (χ2v) is 9.52. The third kappa shape index (κ3) is 5.04. The van der Waals surface area contributed by atoms with Crippen LogP contribution in [0.2, 0.25) is 0 Å². The third-order valence-corrected chi connectivity index (χ3v) is 6.64. The second-order valence-electron chi connectivity index (χ2n) is 9.52. The largest absolute Gasteiger partial charge is 0.497 e. The lowest BCUT2D eigenvalue weighted by Crippen LogP contribution is -2.60. The van der Waals surface area contributed by atoms with Crippen LogP contribution in [0.15, 0.2) is 41.4 Å². The Hall–Kier alpha value is -3.67. The summed E-state index contributed by atoms with van der Waals surface area (Å²) < 4.78 is 33.5. The number of hydrogen-bond donors (Lipinski definition) is 2. The number of rotatable bonds is 7. The van der Waals surface area contributed by atoms with Crippen LogP contribution >= 0.6 is 0 Å². The number of aromatic amines is 1. The van der Waals surface area contributed by atoms with Crippen LogP contribution in [0.5, 0.6) is 11.5 Å². The summed E-state index contributed by atoms with van der Waals surface area (Å²) in [6.07, 6.45) is -1.61. The molecule has 0 saturated carbocycles. The summed E-state index contributed by atoms with van der Waals surface area (Å²) in [7, 11) is 1.57. The number of piperazine rings is 1. The lowest BCUT2D eigenvalue weighted by molar-refractivity contribution is -0.164. The Bertz CT molecular complexity index is 1460. The van der Waals surface area contributed by atoms with Crippen molar-refractivity contribution in [1.29, 1.82) is 0 Å². The van der Waals surface area contributed by atoms with Gasteiger partial charge in [-0.05, 0) is 50.2 Å². The fourth-order valence-corrected chi connectivity index (χ4v) is 4.72. The van der Waals surface area contributed by atoms with Gasteiger partial charge in [0.15, 0.2) is 11.6 Å². The van der Waals surface area contributed by atoms with Crippen LogP contribution in [0.25, 0.3) is 16.8 Å². The Labute approximate surface area is 219 Å². The van der Waals surface area contributed by atoms with E-state index in [1.54, 1.807) is 67.3 Å². The molecule has 38 heavy (non-hydrogen) atoms. The van der Waals surface area contributed by atoms with E-state index in [2.05, 4.69) is 4.98 Å². The van der Waals surface area contributed by atoms with Crippen molar-refractivity contribution in [2.75, 3.05) is 39.9 Å². The molecule has 3 heterocycles. The fourth-order valence-electron chi connectivity index (χ4n) is 4.72. The van der Waals surface area contributed by atoms with Gasteiger partial charge in [0.25, 0.3) is 0 Å². The van der Waals surface area contributed by atoms with Crippen molar-refractivity contribution in [3.63, 3.8) is 0 Å². The van der Waals surface area contributed by atoms with Gasteiger partial charge in [0.05, 0.1) is 30.4 Å². The number of aliphatic hydroxyl groups is 1. The molecule has 3 aromatic rings. The number of halogens is 1. The first-order valence-electron chi connectivity index (χ1n) is 12.6. The van der Waals surface area contributed by atoms with Gasteiger partial charge in [0.2, 0.25) is 18.1 Å². The maximum Gasteiger partial charge on any atom is 0.244 e. The predicted molar refractivity (Wildman–Crippen MR) is 138 cm³/mol. The average molecular weight is 526 g/mol. The number of benzene rings is 2. The van der Waals surface area contributed by atoms with E-state index in [0.29, 0.717) is 59.3 Å². The Kier molecular flexibility index (Phi) is 7.24. The van der Waals surface area contributed by atoms with Gasteiger partial charge in [0.1, 0.15) is 5.75 Å².